The van der Waals surface area contributed by atoms with Crippen molar-refractivity contribution in [1.29, 1.82) is 0 Å². The third-order valence-electron chi connectivity index (χ3n) is 6.72. The molecule has 1 aliphatic rings. The molecule has 1 amide bonds. The fourth-order valence-corrected chi connectivity index (χ4v) is 5.48. The van der Waals surface area contributed by atoms with Gasteiger partial charge in [-0.2, -0.15) is 5.10 Å². The van der Waals surface area contributed by atoms with Crippen LogP contribution >= 0.6 is 11.3 Å². The lowest BCUT2D eigenvalue weighted by Gasteiger charge is -2.26. The van der Waals surface area contributed by atoms with E-state index in [0.717, 1.165) is 45.7 Å². The lowest BCUT2D eigenvalue weighted by atomic mass is 10.0. The van der Waals surface area contributed by atoms with Gasteiger partial charge in [-0.05, 0) is 47.7 Å². The Morgan fingerprint density at radius 1 is 1.10 bits per heavy atom. The summed E-state index contributed by atoms with van der Waals surface area (Å²) in [7, 11) is 0. The predicted molar refractivity (Wildman–Crippen MR) is 162 cm³/mol. The summed E-state index contributed by atoms with van der Waals surface area (Å²) >= 11 is 1.56. The third-order valence-corrected chi connectivity index (χ3v) is 7.77. The number of ether oxygens (including phenoxy) is 2. The molecule has 1 saturated heterocycles. The molecule has 4 aromatic rings. The number of hydrazone groups is 1. The Balaban J connectivity index is 1.24. The fourth-order valence-electron chi connectivity index (χ4n) is 4.47. The summed E-state index contributed by atoms with van der Waals surface area (Å²) in [5, 5.41) is 5.20. The highest BCUT2D eigenvalue weighted by molar-refractivity contribution is 7.17. The van der Waals surface area contributed by atoms with E-state index in [4.69, 9.17) is 14.5 Å². The van der Waals surface area contributed by atoms with Gasteiger partial charge in [-0.3, -0.25) is 4.79 Å². The fraction of sp³-hybridized carbons (Fsp3) is 0.281. The van der Waals surface area contributed by atoms with Gasteiger partial charge >= 0.3 is 0 Å². The first-order valence-electron chi connectivity index (χ1n) is 13.5. The van der Waals surface area contributed by atoms with Crippen molar-refractivity contribution in [2.75, 3.05) is 31.2 Å². The average Bonchev–Trinajstić information content (AvgIpc) is 3.41. The number of nitrogens with one attached hydrogen (secondary N) is 1. The zero-order chi connectivity index (χ0) is 27.9. The van der Waals surface area contributed by atoms with E-state index < -0.39 is 0 Å². The molecular weight excluding hydrogens is 520 g/mol. The summed E-state index contributed by atoms with van der Waals surface area (Å²) in [5.41, 5.74) is 8.39. The van der Waals surface area contributed by atoms with Gasteiger partial charge in [0.25, 0.3) is 5.91 Å². The van der Waals surface area contributed by atoms with Crippen LogP contribution in [0, 0.1) is 6.92 Å². The topological polar surface area (TPSA) is 76.0 Å². The van der Waals surface area contributed by atoms with Crippen molar-refractivity contribution in [2.45, 2.75) is 33.3 Å². The maximum Gasteiger partial charge on any atom is 0.271 e. The van der Waals surface area contributed by atoms with Crippen molar-refractivity contribution in [3.8, 4) is 17.0 Å². The number of morpholine rings is 1. The number of rotatable bonds is 9. The van der Waals surface area contributed by atoms with Crippen LogP contribution in [0.4, 0.5) is 5.13 Å². The number of nitrogens with zero attached hydrogens (tertiary/aromatic N) is 3. The van der Waals surface area contributed by atoms with E-state index in [1.54, 1.807) is 29.7 Å². The Morgan fingerprint density at radius 2 is 1.85 bits per heavy atom. The monoisotopic (exact) mass is 554 g/mol. The second-order valence-electron chi connectivity index (χ2n) is 10.1. The minimum absolute atomic E-state index is 0.274. The Bertz CT molecular complexity index is 1460. The van der Waals surface area contributed by atoms with Crippen molar-refractivity contribution < 1.29 is 14.3 Å². The zero-order valence-electron chi connectivity index (χ0n) is 23.1. The molecule has 0 bridgehead atoms. The number of thiazole rings is 1. The van der Waals surface area contributed by atoms with Crippen molar-refractivity contribution in [2.24, 2.45) is 5.10 Å². The molecule has 5 rings (SSSR count). The number of aromatic nitrogens is 1. The molecule has 3 aromatic carbocycles. The minimum Gasteiger partial charge on any atom is -0.489 e. The van der Waals surface area contributed by atoms with E-state index >= 15 is 0 Å². The molecular formula is C32H34N4O3S. The van der Waals surface area contributed by atoms with E-state index in [-0.39, 0.29) is 5.91 Å². The normalized spacial score (nSPS) is 13.7. The number of benzene rings is 3. The SMILES string of the molecule is Cc1ccc(C(C)C)c(OCc2ccc(C(=O)N/N=C\c3sc(N4CCOCC4)nc3-c3ccccc3)cc2)c1. The van der Waals surface area contributed by atoms with Crippen LogP contribution in [-0.2, 0) is 11.3 Å². The molecule has 0 spiro atoms. The number of aryl methyl sites for hydroxylation is 1. The molecule has 0 unspecified atom stereocenters. The first-order chi connectivity index (χ1) is 19.5. The molecule has 2 heterocycles. The second kappa shape index (κ2) is 12.9. The first-order valence-corrected chi connectivity index (χ1v) is 14.3. The maximum absolute atomic E-state index is 12.8. The summed E-state index contributed by atoms with van der Waals surface area (Å²) < 4.78 is 11.6. The van der Waals surface area contributed by atoms with E-state index in [1.165, 1.54) is 11.1 Å². The summed E-state index contributed by atoms with van der Waals surface area (Å²) in [6.45, 7) is 9.81. The second-order valence-corrected chi connectivity index (χ2v) is 11.1. The average molecular weight is 555 g/mol. The molecule has 8 heteroatoms. The van der Waals surface area contributed by atoms with Gasteiger partial charge in [-0.15, -0.1) is 0 Å². The molecule has 1 N–H and O–H groups in total. The standard InChI is InChI=1S/C32H34N4O3S/c1-22(2)27-14-9-23(3)19-28(27)39-21-24-10-12-26(13-11-24)31(37)35-33-20-29-30(25-7-5-4-6-8-25)34-32(40-29)36-15-17-38-18-16-36/h4-14,19-20,22H,15-18,21H2,1-3H3,(H,35,37)/b33-20-. The van der Waals surface area contributed by atoms with Gasteiger partial charge in [0.05, 0.1) is 30.0 Å². The number of carbonyl (C=O) groups excluding carboxylic acids is 1. The van der Waals surface area contributed by atoms with Crippen LogP contribution in [0.2, 0.25) is 0 Å². The number of amides is 1. The smallest absolute Gasteiger partial charge is 0.271 e. The van der Waals surface area contributed by atoms with Gasteiger partial charge in [0.15, 0.2) is 5.13 Å². The Hall–Kier alpha value is -4.01. The predicted octanol–water partition coefficient (Wildman–Crippen LogP) is 6.42. The summed E-state index contributed by atoms with van der Waals surface area (Å²) in [4.78, 5) is 20.8. The third kappa shape index (κ3) is 6.76. The van der Waals surface area contributed by atoms with E-state index in [1.807, 2.05) is 42.5 Å². The molecule has 1 fully saturated rings. The van der Waals surface area contributed by atoms with Crippen LogP contribution < -0.4 is 15.1 Å². The van der Waals surface area contributed by atoms with Crippen LogP contribution in [0.15, 0.2) is 77.9 Å². The minimum atomic E-state index is -0.274. The lowest BCUT2D eigenvalue weighted by Crippen LogP contribution is -2.36. The van der Waals surface area contributed by atoms with Crippen molar-refractivity contribution in [3.63, 3.8) is 0 Å². The number of hydrogen-bond donors (Lipinski definition) is 1. The van der Waals surface area contributed by atoms with Gasteiger partial charge in [0, 0.05) is 24.2 Å². The number of carbonyl (C=O) groups is 1. The quantitative estimate of drug-likeness (QED) is 0.191. The summed E-state index contributed by atoms with van der Waals surface area (Å²) in [6.07, 6.45) is 1.68. The lowest BCUT2D eigenvalue weighted by molar-refractivity contribution is 0.0955. The zero-order valence-corrected chi connectivity index (χ0v) is 23.9. The van der Waals surface area contributed by atoms with Crippen LogP contribution in [0.5, 0.6) is 5.75 Å². The molecule has 1 aliphatic heterocycles. The van der Waals surface area contributed by atoms with Gasteiger partial charge in [0.2, 0.25) is 0 Å². The van der Waals surface area contributed by atoms with Crippen LogP contribution in [0.1, 0.15) is 51.7 Å². The van der Waals surface area contributed by atoms with E-state index in [9.17, 15) is 4.79 Å². The maximum atomic E-state index is 12.8. The van der Waals surface area contributed by atoms with Gasteiger partial charge in [-0.1, -0.05) is 79.8 Å². The van der Waals surface area contributed by atoms with Gasteiger partial charge in [0.1, 0.15) is 12.4 Å². The highest BCUT2D eigenvalue weighted by Gasteiger charge is 2.19. The van der Waals surface area contributed by atoms with Gasteiger partial charge in [-0.25, -0.2) is 10.4 Å². The Labute approximate surface area is 239 Å². The summed E-state index contributed by atoms with van der Waals surface area (Å²) in [6, 6.07) is 23.7. The molecule has 40 heavy (non-hydrogen) atoms. The summed E-state index contributed by atoms with van der Waals surface area (Å²) in [5.74, 6) is 1.01. The highest BCUT2D eigenvalue weighted by atomic mass is 32.1. The van der Waals surface area contributed by atoms with Crippen LogP contribution in [-0.4, -0.2) is 43.4 Å². The van der Waals surface area contributed by atoms with Crippen molar-refractivity contribution in [1.82, 2.24) is 10.4 Å². The first kappa shape index (κ1) is 27.6. The molecule has 0 atom stereocenters. The molecule has 0 saturated carbocycles. The molecule has 7 nitrogen and oxygen atoms in total. The van der Waals surface area contributed by atoms with Crippen molar-refractivity contribution in [3.05, 3.63) is 99.9 Å². The van der Waals surface area contributed by atoms with Gasteiger partial charge < -0.3 is 14.4 Å². The number of anilines is 1. The Morgan fingerprint density at radius 3 is 2.58 bits per heavy atom. The van der Waals surface area contributed by atoms with Crippen LogP contribution in [0.25, 0.3) is 11.3 Å². The Kier molecular flexibility index (Phi) is 8.88. The molecule has 206 valence electrons. The van der Waals surface area contributed by atoms with E-state index in [0.29, 0.717) is 31.3 Å². The van der Waals surface area contributed by atoms with E-state index in [2.05, 4.69) is 54.4 Å². The van der Waals surface area contributed by atoms with Crippen molar-refractivity contribution >= 4 is 28.6 Å². The molecule has 1 aromatic heterocycles. The largest absolute Gasteiger partial charge is 0.489 e. The molecule has 0 aliphatic carbocycles. The van der Waals surface area contributed by atoms with Crippen LogP contribution in [0.3, 0.4) is 0 Å². The highest BCUT2D eigenvalue weighted by Crippen LogP contribution is 2.32. The molecule has 0 radical (unpaired) electrons. The number of hydrogen-bond acceptors (Lipinski definition) is 7.